The Bertz CT molecular complexity index is 730. The molecule has 7 heteroatoms. The zero-order chi connectivity index (χ0) is 18.1. The van der Waals surface area contributed by atoms with Crippen LogP contribution in [-0.4, -0.2) is 30.7 Å². The summed E-state index contributed by atoms with van der Waals surface area (Å²) in [5.41, 5.74) is 8.17. The first-order chi connectivity index (χ1) is 12.0. The third-order valence-electron chi connectivity index (χ3n) is 3.07. The van der Waals surface area contributed by atoms with Crippen LogP contribution in [0, 0.1) is 0 Å². The number of carbonyl (C=O) groups is 2. The molecule has 0 unspecified atom stereocenters. The third kappa shape index (κ3) is 6.34. The van der Waals surface area contributed by atoms with Crippen LogP contribution in [0.2, 0.25) is 0 Å². The van der Waals surface area contributed by atoms with E-state index in [0.29, 0.717) is 11.5 Å². The summed E-state index contributed by atoms with van der Waals surface area (Å²) >= 11 is 0. The van der Waals surface area contributed by atoms with Crippen LogP contribution in [0.15, 0.2) is 59.7 Å². The lowest BCUT2D eigenvalue weighted by molar-refractivity contribution is -0.127. The number of para-hydroxylation sites is 1. The number of primary amides is 1. The van der Waals surface area contributed by atoms with Crippen molar-refractivity contribution in [3.8, 4) is 11.5 Å². The average Bonchev–Trinajstić information content (AvgIpc) is 2.61. The summed E-state index contributed by atoms with van der Waals surface area (Å²) in [6.07, 6.45) is 0.814. The zero-order valence-electron chi connectivity index (χ0n) is 13.7. The van der Waals surface area contributed by atoms with E-state index in [1.54, 1.807) is 43.3 Å². The molecule has 2 aromatic rings. The monoisotopic (exact) mass is 341 g/mol. The number of rotatable bonds is 8. The number of benzene rings is 2. The number of hydrogen-bond donors (Lipinski definition) is 2. The number of hydrogen-bond acceptors (Lipinski definition) is 5. The van der Waals surface area contributed by atoms with Crippen LogP contribution in [0.3, 0.4) is 0 Å². The first kappa shape index (κ1) is 18.0. The molecule has 0 aliphatic heterocycles. The predicted molar refractivity (Wildman–Crippen MR) is 93.4 cm³/mol. The second-order valence-corrected chi connectivity index (χ2v) is 5.13. The Morgan fingerprint density at radius 3 is 2.44 bits per heavy atom. The van der Waals surface area contributed by atoms with Gasteiger partial charge >= 0.3 is 0 Å². The second kappa shape index (κ2) is 9.07. The minimum absolute atomic E-state index is 0.178. The molecule has 2 rings (SSSR count). The minimum atomic E-state index is -0.677. The summed E-state index contributed by atoms with van der Waals surface area (Å²) in [5, 5.41) is 3.89. The Labute approximate surface area is 145 Å². The van der Waals surface area contributed by atoms with Crippen molar-refractivity contribution in [2.24, 2.45) is 10.8 Å². The highest BCUT2D eigenvalue weighted by Crippen LogP contribution is 2.11. The number of nitrogens with zero attached hydrogens (tertiary/aromatic N) is 1. The van der Waals surface area contributed by atoms with Crippen LogP contribution in [0.25, 0.3) is 0 Å². The maximum absolute atomic E-state index is 11.9. The van der Waals surface area contributed by atoms with Gasteiger partial charge in [0.25, 0.3) is 11.8 Å². The van der Waals surface area contributed by atoms with E-state index in [0.717, 1.165) is 5.56 Å². The zero-order valence-corrected chi connectivity index (χ0v) is 13.7. The van der Waals surface area contributed by atoms with Crippen molar-refractivity contribution in [2.75, 3.05) is 6.61 Å². The minimum Gasteiger partial charge on any atom is -0.484 e. The van der Waals surface area contributed by atoms with Crippen molar-refractivity contribution in [1.29, 1.82) is 0 Å². The van der Waals surface area contributed by atoms with Crippen LogP contribution in [0.1, 0.15) is 12.5 Å². The Kier molecular flexibility index (Phi) is 6.53. The molecule has 1 atom stereocenters. The highest BCUT2D eigenvalue weighted by molar-refractivity contribution is 5.84. The molecule has 0 heterocycles. The molecule has 0 bridgehead atoms. The van der Waals surface area contributed by atoms with E-state index in [-0.39, 0.29) is 12.5 Å². The first-order valence-corrected chi connectivity index (χ1v) is 7.60. The van der Waals surface area contributed by atoms with Crippen molar-refractivity contribution in [3.63, 3.8) is 0 Å². The average molecular weight is 341 g/mol. The van der Waals surface area contributed by atoms with Crippen LogP contribution in [0.5, 0.6) is 11.5 Å². The van der Waals surface area contributed by atoms with Gasteiger partial charge in [-0.05, 0) is 48.9 Å². The van der Waals surface area contributed by atoms with Crippen LogP contribution in [-0.2, 0) is 9.59 Å². The molecule has 3 N–H and O–H groups in total. The molecule has 0 aromatic heterocycles. The fourth-order valence-electron chi connectivity index (χ4n) is 1.82. The molecule has 0 radical (unpaired) electrons. The number of nitrogens with two attached hydrogens (primary N) is 1. The fraction of sp³-hybridized carbons (Fsp3) is 0.167. The SMILES string of the molecule is C[C@@H](Oc1ccccc1)C(=O)N/N=C/c1ccc(OCC(N)=O)cc1. The van der Waals surface area contributed by atoms with E-state index in [1.807, 2.05) is 18.2 Å². The molecule has 130 valence electrons. The number of amides is 2. The lowest BCUT2D eigenvalue weighted by Gasteiger charge is -2.12. The van der Waals surface area contributed by atoms with E-state index in [9.17, 15) is 9.59 Å². The van der Waals surface area contributed by atoms with Gasteiger partial charge in [0.1, 0.15) is 11.5 Å². The molecular formula is C18H19N3O4. The molecule has 0 saturated carbocycles. The van der Waals surface area contributed by atoms with E-state index < -0.39 is 12.0 Å². The van der Waals surface area contributed by atoms with Gasteiger partial charge in [-0.1, -0.05) is 18.2 Å². The van der Waals surface area contributed by atoms with Crippen molar-refractivity contribution < 1.29 is 19.1 Å². The van der Waals surface area contributed by atoms with Gasteiger partial charge in [0.15, 0.2) is 12.7 Å². The second-order valence-electron chi connectivity index (χ2n) is 5.13. The van der Waals surface area contributed by atoms with Gasteiger partial charge < -0.3 is 15.2 Å². The van der Waals surface area contributed by atoms with Crippen molar-refractivity contribution in [3.05, 3.63) is 60.2 Å². The summed E-state index contributed by atoms with van der Waals surface area (Å²) in [6.45, 7) is 1.46. The number of carbonyl (C=O) groups excluding carboxylic acids is 2. The van der Waals surface area contributed by atoms with Crippen LogP contribution >= 0.6 is 0 Å². The van der Waals surface area contributed by atoms with E-state index in [1.165, 1.54) is 6.21 Å². The molecule has 0 aliphatic carbocycles. The maximum Gasteiger partial charge on any atom is 0.280 e. The number of nitrogens with one attached hydrogen (secondary N) is 1. The van der Waals surface area contributed by atoms with E-state index >= 15 is 0 Å². The van der Waals surface area contributed by atoms with Crippen molar-refractivity contribution in [1.82, 2.24) is 5.43 Å². The summed E-state index contributed by atoms with van der Waals surface area (Å²) in [7, 11) is 0. The van der Waals surface area contributed by atoms with Gasteiger partial charge in [-0.15, -0.1) is 0 Å². The quantitative estimate of drug-likeness (QED) is 0.560. The first-order valence-electron chi connectivity index (χ1n) is 7.60. The van der Waals surface area contributed by atoms with Gasteiger partial charge in [0, 0.05) is 0 Å². The molecule has 0 aliphatic rings. The van der Waals surface area contributed by atoms with Crippen molar-refractivity contribution >= 4 is 18.0 Å². The highest BCUT2D eigenvalue weighted by Gasteiger charge is 2.13. The molecule has 2 amide bonds. The van der Waals surface area contributed by atoms with E-state index in [2.05, 4.69) is 10.5 Å². The molecule has 0 fully saturated rings. The smallest absolute Gasteiger partial charge is 0.280 e. The van der Waals surface area contributed by atoms with E-state index in [4.69, 9.17) is 15.2 Å². The summed E-state index contributed by atoms with van der Waals surface area (Å²) in [6, 6.07) is 15.9. The summed E-state index contributed by atoms with van der Waals surface area (Å²) in [4.78, 5) is 22.6. The van der Waals surface area contributed by atoms with Gasteiger partial charge in [0.05, 0.1) is 6.21 Å². The third-order valence-corrected chi connectivity index (χ3v) is 3.07. The molecule has 7 nitrogen and oxygen atoms in total. The van der Waals surface area contributed by atoms with Gasteiger partial charge in [-0.3, -0.25) is 9.59 Å². The molecular weight excluding hydrogens is 322 g/mol. The lowest BCUT2D eigenvalue weighted by Crippen LogP contribution is -2.33. The van der Waals surface area contributed by atoms with Crippen molar-refractivity contribution in [2.45, 2.75) is 13.0 Å². The molecule has 25 heavy (non-hydrogen) atoms. The predicted octanol–water partition coefficient (Wildman–Crippen LogP) is 1.47. The summed E-state index contributed by atoms with van der Waals surface area (Å²) in [5.74, 6) is 0.229. The maximum atomic E-state index is 11.9. The normalized spacial score (nSPS) is 11.7. The summed E-state index contributed by atoms with van der Waals surface area (Å²) < 4.78 is 10.6. The van der Waals surface area contributed by atoms with Crippen LogP contribution < -0.4 is 20.6 Å². The Balaban J connectivity index is 1.81. The highest BCUT2D eigenvalue weighted by atomic mass is 16.5. The Morgan fingerprint density at radius 1 is 1.12 bits per heavy atom. The van der Waals surface area contributed by atoms with Gasteiger partial charge in [0.2, 0.25) is 0 Å². The lowest BCUT2D eigenvalue weighted by atomic mass is 10.2. The topological polar surface area (TPSA) is 103 Å². The largest absolute Gasteiger partial charge is 0.484 e. The van der Waals surface area contributed by atoms with Gasteiger partial charge in [-0.2, -0.15) is 5.10 Å². The molecule has 0 spiro atoms. The molecule has 2 aromatic carbocycles. The fourth-order valence-corrected chi connectivity index (χ4v) is 1.82. The molecule has 0 saturated heterocycles. The Hall–Kier alpha value is -3.35. The number of ether oxygens (including phenoxy) is 2. The van der Waals surface area contributed by atoms with Gasteiger partial charge in [-0.25, -0.2) is 5.43 Å². The van der Waals surface area contributed by atoms with Crippen LogP contribution in [0.4, 0.5) is 0 Å². The Morgan fingerprint density at radius 2 is 1.80 bits per heavy atom. The number of hydrazone groups is 1. The standard InChI is InChI=1S/C18H19N3O4/c1-13(25-16-5-3-2-4-6-16)18(23)21-20-11-14-7-9-15(10-8-14)24-12-17(19)22/h2-11,13H,12H2,1H3,(H2,19,22)(H,21,23)/b20-11+/t13-/m1/s1.